The second-order valence-corrected chi connectivity index (χ2v) is 3.70. The summed E-state index contributed by atoms with van der Waals surface area (Å²) in [5.74, 6) is -0.115. The van der Waals surface area contributed by atoms with Crippen LogP contribution in [0.1, 0.15) is 0 Å². The fourth-order valence-corrected chi connectivity index (χ4v) is 1.47. The summed E-state index contributed by atoms with van der Waals surface area (Å²) in [6.07, 6.45) is 3.36. The van der Waals surface area contributed by atoms with Crippen LogP contribution in [0.5, 0.6) is 0 Å². The van der Waals surface area contributed by atoms with Gasteiger partial charge in [0, 0.05) is 31.1 Å². The number of rotatable bonds is 5. The molecule has 7 nitrogen and oxygen atoms in total. The number of carboxylic acids is 1. The van der Waals surface area contributed by atoms with Crippen molar-refractivity contribution in [2.45, 2.75) is 0 Å². The lowest BCUT2D eigenvalue weighted by atomic mass is 10.2. The minimum atomic E-state index is -0.971. The van der Waals surface area contributed by atoms with Gasteiger partial charge in [-0.1, -0.05) is 0 Å². The molecular formula is C12H13N5O2. The minimum absolute atomic E-state index is 0.236. The first kappa shape index (κ1) is 12.7. The Bertz CT molecular complexity index is 574. The van der Waals surface area contributed by atoms with Crippen molar-refractivity contribution < 1.29 is 9.90 Å². The van der Waals surface area contributed by atoms with Gasteiger partial charge in [-0.05, 0) is 12.1 Å². The van der Waals surface area contributed by atoms with E-state index in [1.807, 2.05) is 6.07 Å². The molecule has 0 atom stereocenters. The van der Waals surface area contributed by atoms with E-state index in [4.69, 9.17) is 5.11 Å². The van der Waals surface area contributed by atoms with Crippen LogP contribution in [-0.4, -0.2) is 39.6 Å². The molecule has 98 valence electrons. The van der Waals surface area contributed by atoms with Gasteiger partial charge in [0.2, 0.25) is 5.95 Å². The fraction of sp³-hybridized carbons (Fsp3) is 0.167. The number of pyridine rings is 1. The first-order valence-electron chi connectivity index (χ1n) is 5.62. The topological polar surface area (TPSA) is 100 Å². The largest absolute Gasteiger partial charge is 0.480 e. The van der Waals surface area contributed by atoms with Crippen LogP contribution >= 0.6 is 0 Å². The monoisotopic (exact) mass is 259 g/mol. The van der Waals surface area contributed by atoms with Crippen LogP contribution in [0.4, 0.5) is 11.8 Å². The predicted molar refractivity (Wildman–Crippen MR) is 70.9 cm³/mol. The van der Waals surface area contributed by atoms with Crippen LogP contribution in [0.2, 0.25) is 0 Å². The molecule has 0 aliphatic carbocycles. The highest BCUT2D eigenvalue weighted by molar-refractivity contribution is 5.72. The van der Waals surface area contributed by atoms with Crippen LogP contribution in [-0.2, 0) is 4.79 Å². The lowest BCUT2D eigenvalue weighted by Gasteiger charge is -2.08. The van der Waals surface area contributed by atoms with Crippen molar-refractivity contribution in [1.82, 2.24) is 15.0 Å². The van der Waals surface area contributed by atoms with Crippen LogP contribution in [0.15, 0.2) is 30.6 Å². The van der Waals surface area contributed by atoms with Gasteiger partial charge in [0.05, 0.1) is 5.69 Å². The summed E-state index contributed by atoms with van der Waals surface area (Å²) in [6.45, 7) is -0.236. The predicted octanol–water partition coefficient (Wildman–Crippen LogP) is 1.08. The summed E-state index contributed by atoms with van der Waals surface area (Å²) in [5, 5.41) is 14.2. The number of aromatic nitrogens is 3. The zero-order valence-corrected chi connectivity index (χ0v) is 10.3. The van der Waals surface area contributed by atoms with Crippen molar-refractivity contribution >= 4 is 17.7 Å². The van der Waals surface area contributed by atoms with Crippen molar-refractivity contribution in [3.05, 3.63) is 30.6 Å². The van der Waals surface area contributed by atoms with Crippen molar-refractivity contribution in [2.75, 3.05) is 24.2 Å². The maximum absolute atomic E-state index is 10.5. The number of hydrogen-bond donors (Lipinski definition) is 3. The number of nitrogens with zero attached hydrogens (tertiary/aromatic N) is 3. The van der Waals surface area contributed by atoms with Crippen molar-refractivity contribution in [3.63, 3.8) is 0 Å². The van der Waals surface area contributed by atoms with Gasteiger partial charge in [0.15, 0.2) is 0 Å². The highest BCUT2D eigenvalue weighted by Crippen LogP contribution is 2.20. The van der Waals surface area contributed by atoms with Crippen molar-refractivity contribution in [2.24, 2.45) is 0 Å². The molecule has 0 bridgehead atoms. The van der Waals surface area contributed by atoms with Gasteiger partial charge in [-0.2, -0.15) is 4.98 Å². The van der Waals surface area contributed by atoms with Gasteiger partial charge >= 0.3 is 5.97 Å². The highest BCUT2D eigenvalue weighted by atomic mass is 16.4. The molecule has 0 aliphatic heterocycles. The van der Waals surface area contributed by atoms with Gasteiger partial charge in [-0.15, -0.1) is 0 Å². The van der Waals surface area contributed by atoms with Crippen LogP contribution in [0.25, 0.3) is 11.3 Å². The summed E-state index contributed by atoms with van der Waals surface area (Å²) in [5.41, 5.74) is 1.50. The Balaban J connectivity index is 2.33. The molecule has 0 unspecified atom stereocenters. The quantitative estimate of drug-likeness (QED) is 0.738. The zero-order valence-electron chi connectivity index (χ0n) is 10.3. The third-order valence-corrected chi connectivity index (χ3v) is 2.34. The second-order valence-electron chi connectivity index (χ2n) is 3.70. The fourth-order valence-electron chi connectivity index (χ4n) is 1.47. The molecule has 2 rings (SSSR count). The maximum Gasteiger partial charge on any atom is 0.322 e. The molecule has 19 heavy (non-hydrogen) atoms. The normalized spacial score (nSPS) is 9.95. The third kappa shape index (κ3) is 3.38. The zero-order chi connectivity index (χ0) is 13.7. The summed E-state index contributed by atoms with van der Waals surface area (Å²) < 4.78 is 0. The Morgan fingerprint density at radius 2 is 2.26 bits per heavy atom. The lowest BCUT2D eigenvalue weighted by Crippen LogP contribution is -2.15. The van der Waals surface area contributed by atoms with Crippen molar-refractivity contribution in [3.8, 4) is 11.3 Å². The standard InChI is InChI=1S/C12H13N5O2/c1-13-10-5-9(8-3-2-4-14-6-8)16-12(17-10)15-7-11(18)19/h2-6H,7H2,1H3,(H,18,19)(H2,13,15,16,17). The Morgan fingerprint density at radius 3 is 2.89 bits per heavy atom. The van der Waals surface area contributed by atoms with E-state index in [0.717, 1.165) is 5.56 Å². The Labute approximate surface area is 109 Å². The number of anilines is 2. The molecular weight excluding hydrogens is 246 g/mol. The molecule has 0 radical (unpaired) electrons. The summed E-state index contributed by atoms with van der Waals surface area (Å²) >= 11 is 0. The molecule has 0 aliphatic rings. The van der Waals surface area contributed by atoms with E-state index in [-0.39, 0.29) is 12.5 Å². The van der Waals surface area contributed by atoms with Gasteiger partial charge in [-0.25, -0.2) is 4.98 Å². The highest BCUT2D eigenvalue weighted by Gasteiger charge is 2.07. The molecule has 0 saturated heterocycles. The van der Waals surface area contributed by atoms with Crippen LogP contribution in [0, 0.1) is 0 Å². The van der Waals surface area contributed by atoms with E-state index >= 15 is 0 Å². The molecule has 2 aromatic heterocycles. The SMILES string of the molecule is CNc1cc(-c2cccnc2)nc(NCC(=O)O)n1. The average Bonchev–Trinajstić information content (AvgIpc) is 2.45. The second kappa shape index (κ2) is 5.76. The first-order valence-corrected chi connectivity index (χ1v) is 5.62. The van der Waals surface area contributed by atoms with Gasteiger partial charge in [-0.3, -0.25) is 9.78 Å². The molecule has 0 saturated carbocycles. The van der Waals surface area contributed by atoms with Crippen LogP contribution < -0.4 is 10.6 Å². The first-order chi connectivity index (χ1) is 9.19. The number of nitrogens with one attached hydrogen (secondary N) is 2. The van der Waals surface area contributed by atoms with Crippen molar-refractivity contribution in [1.29, 1.82) is 0 Å². The lowest BCUT2D eigenvalue weighted by molar-refractivity contribution is -0.134. The summed E-state index contributed by atoms with van der Waals surface area (Å²) in [4.78, 5) is 23.0. The molecule has 0 amide bonds. The molecule has 7 heteroatoms. The number of carbonyl (C=O) groups is 1. The smallest absolute Gasteiger partial charge is 0.322 e. The van der Waals surface area contributed by atoms with Crippen LogP contribution in [0.3, 0.4) is 0 Å². The Morgan fingerprint density at radius 1 is 1.42 bits per heavy atom. The van der Waals surface area contributed by atoms with E-state index in [1.165, 1.54) is 0 Å². The number of hydrogen-bond acceptors (Lipinski definition) is 6. The van der Waals surface area contributed by atoms with E-state index in [0.29, 0.717) is 11.5 Å². The molecule has 2 aromatic rings. The Hall–Kier alpha value is -2.70. The van der Waals surface area contributed by atoms with E-state index in [9.17, 15) is 4.79 Å². The molecule has 3 N–H and O–H groups in total. The van der Waals surface area contributed by atoms with Gasteiger partial charge < -0.3 is 15.7 Å². The average molecular weight is 259 g/mol. The van der Waals surface area contributed by atoms with E-state index < -0.39 is 5.97 Å². The Kier molecular flexibility index (Phi) is 3.87. The van der Waals surface area contributed by atoms with E-state index in [2.05, 4.69) is 25.6 Å². The van der Waals surface area contributed by atoms with Gasteiger partial charge in [0.25, 0.3) is 0 Å². The van der Waals surface area contributed by atoms with Gasteiger partial charge in [0.1, 0.15) is 12.4 Å². The molecule has 2 heterocycles. The molecule has 0 aromatic carbocycles. The molecule has 0 fully saturated rings. The minimum Gasteiger partial charge on any atom is -0.480 e. The summed E-state index contributed by atoms with van der Waals surface area (Å²) in [6, 6.07) is 5.44. The molecule has 0 spiro atoms. The summed E-state index contributed by atoms with van der Waals surface area (Å²) in [7, 11) is 1.73. The van der Waals surface area contributed by atoms with E-state index in [1.54, 1.807) is 31.6 Å². The number of aliphatic carboxylic acids is 1. The maximum atomic E-state index is 10.5. The number of carboxylic acid groups (broad SMARTS) is 1. The third-order valence-electron chi connectivity index (χ3n) is 2.34.